The lowest BCUT2D eigenvalue weighted by atomic mass is 10.3. The Bertz CT molecular complexity index is 1010. The van der Waals surface area contributed by atoms with Crippen LogP contribution < -0.4 is 5.32 Å². The fraction of sp³-hybridized carbons (Fsp3) is 0.286. The van der Waals surface area contributed by atoms with E-state index in [1.54, 1.807) is 4.57 Å². The van der Waals surface area contributed by atoms with Gasteiger partial charge in [-0.05, 0) is 49.2 Å². The summed E-state index contributed by atoms with van der Waals surface area (Å²) in [7, 11) is 0. The molecule has 1 aliphatic heterocycles. The molecule has 144 valence electrons. The number of amides is 2. The number of nitrogens with one attached hydrogen (secondary N) is 1. The van der Waals surface area contributed by atoms with Gasteiger partial charge in [0.2, 0.25) is 11.8 Å². The number of anilines is 1. The Morgan fingerprint density at radius 2 is 1.75 bits per heavy atom. The molecule has 0 unspecified atom stereocenters. The van der Waals surface area contributed by atoms with E-state index in [4.69, 9.17) is 0 Å². The van der Waals surface area contributed by atoms with Gasteiger partial charge in [0.15, 0.2) is 0 Å². The molecule has 0 radical (unpaired) electrons. The van der Waals surface area contributed by atoms with Crippen LogP contribution in [-0.4, -0.2) is 39.4 Å². The number of imidazole rings is 1. The third-order valence-electron chi connectivity index (χ3n) is 4.93. The number of para-hydroxylation sites is 2. The van der Waals surface area contributed by atoms with Crippen LogP contribution in [0.2, 0.25) is 0 Å². The number of halogens is 1. The van der Waals surface area contributed by atoms with E-state index in [-0.39, 0.29) is 30.6 Å². The van der Waals surface area contributed by atoms with E-state index in [0.717, 1.165) is 37.0 Å². The average molecular weight is 380 g/mol. The molecule has 4 rings (SSSR count). The maximum absolute atomic E-state index is 13.0. The molecule has 28 heavy (non-hydrogen) atoms. The molecule has 1 fully saturated rings. The second-order valence-corrected chi connectivity index (χ2v) is 6.92. The predicted molar refractivity (Wildman–Crippen MR) is 104 cm³/mol. The lowest BCUT2D eigenvalue weighted by molar-refractivity contribution is -0.129. The first-order chi connectivity index (χ1) is 13.6. The summed E-state index contributed by atoms with van der Waals surface area (Å²) in [5.41, 5.74) is 2.08. The van der Waals surface area contributed by atoms with Crippen LogP contribution in [0.15, 0.2) is 48.5 Å². The quantitative estimate of drug-likeness (QED) is 0.740. The number of hydrogen-bond donors (Lipinski definition) is 1. The van der Waals surface area contributed by atoms with Crippen LogP contribution in [0.1, 0.15) is 18.7 Å². The zero-order valence-electron chi connectivity index (χ0n) is 15.4. The fourth-order valence-electron chi connectivity index (χ4n) is 3.53. The summed E-state index contributed by atoms with van der Waals surface area (Å²) < 4.78 is 14.8. The van der Waals surface area contributed by atoms with E-state index in [9.17, 15) is 14.0 Å². The summed E-state index contributed by atoms with van der Waals surface area (Å²) in [4.78, 5) is 31.6. The van der Waals surface area contributed by atoms with Crippen LogP contribution >= 0.6 is 0 Å². The van der Waals surface area contributed by atoms with Crippen LogP contribution in [0.5, 0.6) is 0 Å². The summed E-state index contributed by atoms with van der Waals surface area (Å²) in [6.45, 7) is 1.59. The molecule has 6 nitrogen and oxygen atoms in total. The molecule has 1 N–H and O–H groups in total. The molecule has 1 aliphatic rings. The molecule has 7 heteroatoms. The Morgan fingerprint density at radius 3 is 2.50 bits per heavy atom. The number of likely N-dealkylation sites (tertiary alicyclic amines) is 1. The van der Waals surface area contributed by atoms with Gasteiger partial charge in [-0.2, -0.15) is 0 Å². The Balaban J connectivity index is 1.56. The second-order valence-electron chi connectivity index (χ2n) is 6.92. The third kappa shape index (κ3) is 3.88. The maximum atomic E-state index is 13.0. The molecule has 0 bridgehead atoms. The molecule has 3 aromatic rings. The van der Waals surface area contributed by atoms with Gasteiger partial charge in [0.1, 0.15) is 18.2 Å². The van der Waals surface area contributed by atoms with Gasteiger partial charge in [0.05, 0.1) is 17.5 Å². The largest absolute Gasteiger partial charge is 0.342 e. The molecular formula is C21H21FN4O2. The van der Waals surface area contributed by atoms with Crippen molar-refractivity contribution < 1.29 is 14.0 Å². The predicted octanol–water partition coefficient (Wildman–Crippen LogP) is 2.98. The van der Waals surface area contributed by atoms with Crippen molar-refractivity contribution in [1.29, 1.82) is 0 Å². The van der Waals surface area contributed by atoms with Crippen LogP contribution in [0.25, 0.3) is 11.0 Å². The van der Waals surface area contributed by atoms with E-state index in [1.165, 1.54) is 24.3 Å². The number of rotatable bonds is 5. The van der Waals surface area contributed by atoms with Crippen LogP contribution in [0.4, 0.5) is 10.1 Å². The minimum absolute atomic E-state index is 0.0283. The number of carbonyl (C=O) groups is 2. The number of aromatic nitrogens is 2. The van der Waals surface area contributed by atoms with Gasteiger partial charge in [-0.25, -0.2) is 9.37 Å². The number of benzene rings is 2. The van der Waals surface area contributed by atoms with Crippen molar-refractivity contribution in [2.45, 2.75) is 25.8 Å². The zero-order chi connectivity index (χ0) is 19.5. The number of fused-ring (bicyclic) bond motifs is 1. The minimum Gasteiger partial charge on any atom is -0.342 e. The van der Waals surface area contributed by atoms with Crippen molar-refractivity contribution in [3.05, 3.63) is 60.2 Å². The van der Waals surface area contributed by atoms with E-state index in [0.29, 0.717) is 11.5 Å². The van der Waals surface area contributed by atoms with Gasteiger partial charge < -0.3 is 14.8 Å². The highest BCUT2D eigenvalue weighted by molar-refractivity contribution is 5.92. The monoisotopic (exact) mass is 380 g/mol. The summed E-state index contributed by atoms with van der Waals surface area (Å²) in [5, 5.41) is 2.76. The summed E-state index contributed by atoms with van der Waals surface area (Å²) >= 11 is 0. The van der Waals surface area contributed by atoms with Crippen LogP contribution in [-0.2, 0) is 22.6 Å². The Kier molecular flexibility index (Phi) is 5.06. The molecular weight excluding hydrogens is 359 g/mol. The average Bonchev–Trinajstić information content (AvgIpc) is 3.33. The van der Waals surface area contributed by atoms with Gasteiger partial charge in [-0.15, -0.1) is 0 Å². The summed E-state index contributed by atoms with van der Waals surface area (Å²) in [5.74, 6) is -0.00805. The number of carbonyl (C=O) groups excluding carboxylic acids is 2. The highest BCUT2D eigenvalue weighted by Crippen LogP contribution is 2.18. The smallest absolute Gasteiger partial charge is 0.244 e. The van der Waals surface area contributed by atoms with Gasteiger partial charge in [-0.1, -0.05) is 12.1 Å². The summed E-state index contributed by atoms with van der Waals surface area (Å²) in [6, 6.07) is 13.1. The molecule has 0 saturated carbocycles. The third-order valence-corrected chi connectivity index (χ3v) is 4.93. The van der Waals surface area contributed by atoms with E-state index >= 15 is 0 Å². The molecule has 1 saturated heterocycles. The Hall–Kier alpha value is -3.22. The van der Waals surface area contributed by atoms with E-state index in [1.807, 2.05) is 29.2 Å². The van der Waals surface area contributed by atoms with Crippen LogP contribution in [0, 0.1) is 5.82 Å². The molecule has 2 aromatic carbocycles. The molecule has 0 spiro atoms. The van der Waals surface area contributed by atoms with Gasteiger partial charge >= 0.3 is 0 Å². The first kappa shape index (κ1) is 18.2. The molecule has 0 aliphatic carbocycles. The van der Waals surface area contributed by atoms with Crippen molar-refractivity contribution in [3.8, 4) is 0 Å². The van der Waals surface area contributed by atoms with Gasteiger partial charge in [-0.3, -0.25) is 9.59 Å². The fourth-order valence-corrected chi connectivity index (χ4v) is 3.53. The minimum atomic E-state index is -0.360. The molecule has 2 heterocycles. The normalized spacial score (nSPS) is 13.8. The standard InChI is InChI=1S/C21H21FN4O2/c22-15-7-9-16(10-8-15)23-20(27)14-26-18-6-2-1-5-17(18)24-19(26)13-21(28)25-11-3-4-12-25/h1-2,5-10H,3-4,11-14H2,(H,23,27). The van der Waals surface area contributed by atoms with E-state index in [2.05, 4.69) is 10.3 Å². The Labute approximate surface area is 162 Å². The highest BCUT2D eigenvalue weighted by Gasteiger charge is 2.22. The van der Waals surface area contributed by atoms with Crippen molar-refractivity contribution in [2.24, 2.45) is 0 Å². The van der Waals surface area contributed by atoms with Crippen molar-refractivity contribution >= 4 is 28.5 Å². The van der Waals surface area contributed by atoms with Crippen molar-refractivity contribution in [1.82, 2.24) is 14.5 Å². The van der Waals surface area contributed by atoms with Crippen molar-refractivity contribution in [2.75, 3.05) is 18.4 Å². The topological polar surface area (TPSA) is 67.2 Å². The zero-order valence-corrected chi connectivity index (χ0v) is 15.4. The highest BCUT2D eigenvalue weighted by atomic mass is 19.1. The SMILES string of the molecule is O=C(Cn1c(CC(=O)N2CCCC2)nc2ccccc21)Nc1ccc(F)cc1. The first-order valence-electron chi connectivity index (χ1n) is 9.37. The second kappa shape index (κ2) is 7.80. The first-order valence-corrected chi connectivity index (χ1v) is 9.37. The maximum Gasteiger partial charge on any atom is 0.244 e. The van der Waals surface area contributed by atoms with Gasteiger partial charge in [0.25, 0.3) is 0 Å². The Morgan fingerprint density at radius 1 is 1.04 bits per heavy atom. The lowest BCUT2D eigenvalue weighted by Gasteiger charge is -2.15. The van der Waals surface area contributed by atoms with E-state index < -0.39 is 0 Å². The van der Waals surface area contributed by atoms with Gasteiger partial charge in [0, 0.05) is 18.8 Å². The number of hydrogen-bond acceptors (Lipinski definition) is 3. The summed E-state index contributed by atoms with van der Waals surface area (Å²) in [6.07, 6.45) is 2.23. The molecule has 0 atom stereocenters. The van der Waals surface area contributed by atoms with Crippen molar-refractivity contribution in [3.63, 3.8) is 0 Å². The van der Waals surface area contributed by atoms with Crippen LogP contribution in [0.3, 0.4) is 0 Å². The number of nitrogens with zero attached hydrogens (tertiary/aromatic N) is 3. The lowest BCUT2D eigenvalue weighted by Crippen LogP contribution is -2.30. The molecule has 2 amide bonds. The molecule has 1 aromatic heterocycles.